The van der Waals surface area contributed by atoms with Crippen molar-refractivity contribution < 1.29 is 28.2 Å². The third-order valence-electron chi connectivity index (χ3n) is 5.41. The maximum absolute atomic E-state index is 13.8. The van der Waals surface area contributed by atoms with Crippen LogP contribution in [0.5, 0.6) is 0 Å². The van der Waals surface area contributed by atoms with Crippen LogP contribution in [0.15, 0.2) is 54.6 Å². The fourth-order valence-electron chi connectivity index (χ4n) is 3.97. The van der Waals surface area contributed by atoms with Crippen LogP contribution < -0.4 is 0 Å². The highest BCUT2D eigenvalue weighted by atomic mass is 31.2. The van der Waals surface area contributed by atoms with Crippen molar-refractivity contribution in [2.24, 2.45) is 11.8 Å². The van der Waals surface area contributed by atoms with Crippen molar-refractivity contribution in [3.05, 3.63) is 71.3 Å². The number of hydrogen-bond acceptors (Lipinski definition) is 6. The van der Waals surface area contributed by atoms with Gasteiger partial charge in [-0.05, 0) is 37.0 Å². The molecule has 0 bridgehead atoms. The molecular formula is C25H30NO6P. The van der Waals surface area contributed by atoms with E-state index in [9.17, 15) is 18.9 Å². The Labute approximate surface area is 194 Å². The summed E-state index contributed by atoms with van der Waals surface area (Å²) in [5.41, 5.74) is 1.42. The zero-order valence-corrected chi connectivity index (χ0v) is 20.1. The van der Waals surface area contributed by atoms with E-state index in [-0.39, 0.29) is 42.7 Å². The summed E-state index contributed by atoms with van der Waals surface area (Å²) in [6, 6.07) is 15.8. The topological polar surface area (TPSA) is 90.0 Å². The Balaban J connectivity index is 1.76. The lowest BCUT2D eigenvalue weighted by Crippen LogP contribution is -2.33. The molecule has 0 aliphatic carbocycles. The molecule has 0 N–H and O–H groups in total. The van der Waals surface area contributed by atoms with Gasteiger partial charge in [-0.1, -0.05) is 56.3 Å². The van der Waals surface area contributed by atoms with Crippen LogP contribution in [-0.4, -0.2) is 41.7 Å². The highest BCUT2D eigenvalue weighted by Gasteiger charge is 2.42. The Morgan fingerprint density at radius 2 is 1.55 bits per heavy atom. The lowest BCUT2D eigenvalue weighted by Gasteiger charge is -2.26. The van der Waals surface area contributed by atoms with Crippen molar-refractivity contribution in [3.63, 3.8) is 0 Å². The van der Waals surface area contributed by atoms with E-state index in [0.29, 0.717) is 6.42 Å². The minimum absolute atomic E-state index is 0.0972. The van der Waals surface area contributed by atoms with E-state index in [0.717, 1.165) is 10.5 Å². The maximum atomic E-state index is 13.8. The first-order valence-electron chi connectivity index (χ1n) is 11.1. The van der Waals surface area contributed by atoms with Gasteiger partial charge in [0.25, 0.3) is 11.8 Å². The number of rotatable bonds is 11. The van der Waals surface area contributed by atoms with Crippen molar-refractivity contribution in [2.75, 3.05) is 19.1 Å². The second-order valence-corrected chi connectivity index (χ2v) is 11.1. The monoisotopic (exact) mass is 471 g/mol. The van der Waals surface area contributed by atoms with Gasteiger partial charge in [-0.15, -0.1) is 0 Å². The Kier molecular flexibility index (Phi) is 8.22. The molecule has 2 amide bonds. The van der Waals surface area contributed by atoms with E-state index >= 15 is 0 Å². The molecule has 0 saturated carbocycles. The number of esters is 1. The van der Waals surface area contributed by atoms with Gasteiger partial charge in [0.1, 0.15) is 12.9 Å². The molecule has 0 radical (unpaired) electrons. The van der Waals surface area contributed by atoms with Gasteiger partial charge >= 0.3 is 5.97 Å². The highest BCUT2D eigenvalue weighted by molar-refractivity contribution is 7.59. The molecule has 1 aliphatic rings. The number of amides is 2. The average molecular weight is 471 g/mol. The summed E-state index contributed by atoms with van der Waals surface area (Å²) in [5.74, 6) is -1.99. The Morgan fingerprint density at radius 1 is 0.970 bits per heavy atom. The Hall–Kier alpha value is -2.76. The van der Waals surface area contributed by atoms with Gasteiger partial charge < -0.3 is 9.26 Å². The zero-order chi connectivity index (χ0) is 24.0. The first-order valence-corrected chi connectivity index (χ1v) is 13.1. The van der Waals surface area contributed by atoms with Crippen LogP contribution in [0.3, 0.4) is 0 Å². The number of hydrogen-bond donors (Lipinski definition) is 0. The van der Waals surface area contributed by atoms with E-state index in [1.54, 1.807) is 31.2 Å². The van der Waals surface area contributed by atoms with Crippen molar-refractivity contribution in [3.8, 4) is 0 Å². The second kappa shape index (κ2) is 10.9. The van der Waals surface area contributed by atoms with Gasteiger partial charge in [-0.2, -0.15) is 0 Å². The van der Waals surface area contributed by atoms with Crippen molar-refractivity contribution in [1.82, 2.24) is 4.90 Å². The number of benzene rings is 2. The molecule has 0 saturated heterocycles. The van der Waals surface area contributed by atoms with Crippen LogP contribution >= 0.6 is 7.37 Å². The van der Waals surface area contributed by atoms with E-state index in [1.807, 2.05) is 44.2 Å². The van der Waals surface area contributed by atoms with Crippen LogP contribution in [0.4, 0.5) is 0 Å². The van der Waals surface area contributed by atoms with E-state index in [1.165, 1.54) is 0 Å². The number of ether oxygens (including phenoxy) is 1. The summed E-state index contributed by atoms with van der Waals surface area (Å²) in [5, 5.41) is 0. The summed E-state index contributed by atoms with van der Waals surface area (Å²) in [4.78, 5) is 39.5. The minimum atomic E-state index is -3.55. The van der Waals surface area contributed by atoms with E-state index in [2.05, 4.69) is 0 Å². The summed E-state index contributed by atoms with van der Waals surface area (Å²) < 4.78 is 24.9. The minimum Gasteiger partial charge on any atom is -0.461 e. The highest BCUT2D eigenvalue weighted by Crippen LogP contribution is 2.51. The van der Waals surface area contributed by atoms with Crippen molar-refractivity contribution in [1.29, 1.82) is 0 Å². The van der Waals surface area contributed by atoms with Crippen LogP contribution in [0.25, 0.3) is 0 Å². The van der Waals surface area contributed by atoms with Crippen LogP contribution in [0.1, 0.15) is 53.5 Å². The van der Waals surface area contributed by atoms with Gasteiger partial charge in [0.15, 0.2) is 0 Å². The quantitative estimate of drug-likeness (QED) is 0.261. The second-order valence-electron chi connectivity index (χ2n) is 8.56. The molecule has 3 rings (SSSR count). The van der Waals surface area contributed by atoms with Crippen LogP contribution in [0, 0.1) is 11.8 Å². The normalized spacial score (nSPS) is 15.9. The molecule has 1 heterocycles. The molecule has 2 atom stereocenters. The van der Waals surface area contributed by atoms with E-state index < -0.39 is 31.1 Å². The molecule has 176 valence electrons. The molecule has 1 unspecified atom stereocenters. The Bertz CT molecular complexity index is 1020. The SMILES string of the molecule is CCOP(=O)(C[C@@H](CC(C)C)C(=O)OCc1ccccc1)CN1C(=O)c2ccccc2C1=O. The fourth-order valence-corrected chi connectivity index (χ4v) is 6.40. The zero-order valence-electron chi connectivity index (χ0n) is 19.2. The molecule has 2 aromatic rings. The number of imide groups is 1. The molecule has 0 aromatic heterocycles. The largest absolute Gasteiger partial charge is 0.461 e. The lowest BCUT2D eigenvalue weighted by atomic mass is 9.99. The summed E-state index contributed by atoms with van der Waals surface area (Å²) >= 11 is 0. The first-order chi connectivity index (χ1) is 15.7. The molecule has 8 heteroatoms. The van der Waals surface area contributed by atoms with E-state index in [4.69, 9.17) is 9.26 Å². The Morgan fingerprint density at radius 3 is 2.09 bits per heavy atom. The van der Waals surface area contributed by atoms with Gasteiger partial charge in [0, 0.05) is 6.16 Å². The summed E-state index contributed by atoms with van der Waals surface area (Å²) in [6.45, 7) is 5.88. The molecule has 0 fully saturated rings. The average Bonchev–Trinajstić information content (AvgIpc) is 3.02. The molecule has 0 spiro atoms. The molecular weight excluding hydrogens is 441 g/mol. The molecule has 33 heavy (non-hydrogen) atoms. The number of carbonyl (C=O) groups is 3. The van der Waals surface area contributed by atoms with Crippen LogP contribution in [0.2, 0.25) is 0 Å². The third-order valence-corrected chi connectivity index (χ3v) is 7.85. The standard InChI is InChI=1S/C25H30NO6P/c1-4-32-33(30,17-26-23(27)21-12-8-9-13-22(21)24(26)28)16-20(14-18(2)3)25(29)31-15-19-10-6-5-7-11-19/h5-13,18,20H,4,14-17H2,1-3H3/t20-,33?/m1/s1. The van der Waals surface area contributed by atoms with Crippen molar-refractivity contribution >= 4 is 25.2 Å². The first kappa shape index (κ1) is 24.9. The maximum Gasteiger partial charge on any atom is 0.309 e. The smallest absolute Gasteiger partial charge is 0.309 e. The van der Waals surface area contributed by atoms with Gasteiger partial charge in [-0.3, -0.25) is 23.8 Å². The molecule has 2 aromatic carbocycles. The number of carbonyl (C=O) groups excluding carboxylic acids is 3. The lowest BCUT2D eigenvalue weighted by molar-refractivity contribution is -0.149. The van der Waals surface area contributed by atoms with Gasteiger partial charge in [0.2, 0.25) is 7.37 Å². The molecule has 7 nitrogen and oxygen atoms in total. The van der Waals surface area contributed by atoms with Gasteiger partial charge in [-0.25, -0.2) is 0 Å². The third kappa shape index (κ3) is 6.18. The van der Waals surface area contributed by atoms with Crippen LogP contribution in [-0.2, 0) is 25.2 Å². The predicted molar refractivity (Wildman–Crippen MR) is 125 cm³/mol. The number of nitrogens with zero attached hydrogens (tertiary/aromatic N) is 1. The van der Waals surface area contributed by atoms with Gasteiger partial charge in [0.05, 0.1) is 23.7 Å². The number of fused-ring (bicyclic) bond motifs is 1. The van der Waals surface area contributed by atoms with Crippen molar-refractivity contribution in [2.45, 2.75) is 33.8 Å². The predicted octanol–water partition coefficient (Wildman–Crippen LogP) is 4.96. The molecule has 1 aliphatic heterocycles. The summed E-state index contributed by atoms with van der Waals surface area (Å²) in [7, 11) is -3.55. The fraction of sp³-hybridized carbons (Fsp3) is 0.400. The summed E-state index contributed by atoms with van der Waals surface area (Å²) in [6.07, 6.45) is -0.0133.